The SMILES string of the molecule is N/C(=C\N(N)c1ccc(C(=O)N2CCOCC2)cc1)c1n[nH]c2ccc(Cn3nc(-c4ccncc4)ccc3=O)cc12. The van der Waals surface area contributed by atoms with Gasteiger partial charge in [0.1, 0.15) is 5.69 Å². The maximum atomic E-state index is 12.7. The number of carbonyl (C=O) groups is 1. The molecule has 6 rings (SSSR count). The lowest BCUT2D eigenvalue weighted by molar-refractivity contribution is 0.0303. The summed E-state index contributed by atoms with van der Waals surface area (Å²) in [6, 6.07) is 19.6. The smallest absolute Gasteiger partial charge is 0.267 e. The summed E-state index contributed by atoms with van der Waals surface area (Å²) in [7, 11) is 0. The highest BCUT2D eigenvalue weighted by molar-refractivity contribution is 5.95. The summed E-state index contributed by atoms with van der Waals surface area (Å²) in [6.07, 6.45) is 4.94. The van der Waals surface area contributed by atoms with E-state index in [2.05, 4.69) is 20.3 Å². The number of amides is 1. The van der Waals surface area contributed by atoms with Gasteiger partial charge in [-0.15, -0.1) is 0 Å². The van der Waals surface area contributed by atoms with E-state index in [1.165, 1.54) is 15.8 Å². The molecule has 0 unspecified atom stereocenters. The number of H-pyrrole nitrogens is 1. The predicted octanol–water partition coefficient (Wildman–Crippen LogP) is 2.34. The van der Waals surface area contributed by atoms with E-state index in [-0.39, 0.29) is 18.0 Å². The van der Waals surface area contributed by atoms with Crippen LogP contribution in [0.4, 0.5) is 5.69 Å². The highest BCUT2D eigenvalue weighted by Crippen LogP contribution is 2.23. The number of rotatable bonds is 7. The second kappa shape index (κ2) is 11.6. The molecule has 1 amide bonds. The first-order valence-corrected chi connectivity index (χ1v) is 13.4. The van der Waals surface area contributed by atoms with E-state index >= 15 is 0 Å². The molecule has 0 saturated carbocycles. The minimum absolute atomic E-state index is 0.0381. The van der Waals surface area contributed by atoms with Crippen LogP contribution in [0.2, 0.25) is 0 Å². The molecule has 12 nitrogen and oxygen atoms in total. The molecule has 0 radical (unpaired) electrons. The summed E-state index contributed by atoms with van der Waals surface area (Å²) in [5.74, 6) is 6.26. The van der Waals surface area contributed by atoms with E-state index in [4.69, 9.17) is 16.3 Å². The highest BCUT2D eigenvalue weighted by atomic mass is 16.5. The lowest BCUT2D eigenvalue weighted by Crippen LogP contribution is -2.40. The van der Waals surface area contributed by atoms with Crippen molar-refractivity contribution in [3.63, 3.8) is 0 Å². The van der Waals surface area contributed by atoms with Gasteiger partial charge in [0.15, 0.2) is 0 Å². The summed E-state index contributed by atoms with van der Waals surface area (Å²) in [5.41, 5.74) is 11.5. The highest BCUT2D eigenvalue weighted by Gasteiger charge is 2.19. The molecule has 5 N–H and O–H groups in total. The molecule has 212 valence electrons. The van der Waals surface area contributed by atoms with Crippen molar-refractivity contribution in [2.45, 2.75) is 6.54 Å². The van der Waals surface area contributed by atoms with Crippen molar-refractivity contribution in [2.24, 2.45) is 11.6 Å². The molecule has 4 heterocycles. The van der Waals surface area contributed by atoms with Gasteiger partial charge >= 0.3 is 0 Å². The fourth-order valence-corrected chi connectivity index (χ4v) is 4.80. The maximum absolute atomic E-state index is 12.7. The molecule has 2 aromatic carbocycles. The number of pyridine rings is 1. The van der Waals surface area contributed by atoms with E-state index in [1.54, 1.807) is 53.8 Å². The van der Waals surface area contributed by atoms with Crippen LogP contribution in [-0.2, 0) is 11.3 Å². The number of fused-ring (bicyclic) bond motifs is 1. The molecule has 0 aliphatic carbocycles. The summed E-state index contributed by atoms with van der Waals surface area (Å²) in [5, 5.41) is 14.1. The molecule has 3 aromatic heterocycles. The van der Waals surface area contributed by atoms with Crippen molar-refractivity contribution in [2.75, 3.05) is 31.3 Å². The Morgan fingerprint density at radius 1 is 1.02 bits per heavy atom. The van der Waals surface area contributed by atoms with Crippen molar-refractivity contribution in [1.82, 2.24) is 29.9 Å². The van der Waals surface area contributed by atoms with Crippen LogP contribution < -0.4 is 22.1 Å². The first-order valence-electron chi connectivity index (χ1n) is 13.4. The largest absolute Gasteiger partial charge is 0.396 e. The molecular weight excluding hydrogens is 534 g/mol. The Labute approximate surface area is 240 Å². The molecule has 1 aliphatic rings. The summed E-state index contributed by atoms with van der Waals surface area (Å²) in [4.78, 5) is 31.1. The lowest BCUT2D eigenvalue weighted by atomic mass is 10.1. The number of ether oxygens (including phenoxy) is 1. The number of anilines is 1. The van der Waals surface area contributed by atoms with E-state index < -0.39 is 0 Å². The minimum atomic E-state index is -0.212. The number of morpholine rings is 1. The van der Waals surface area contributed by atoms with Gasteiger partial charge in [-0.1, -0.05) is 6.07 Å². The number of nitrogens with one attached hydrogen (secondary N) is 1. The van der Waals surface area contributed by atoms with Crippen molar-refractivity contribution in [1.29, 1.82) is 0 Å². The Hall–Kier alpha value is -5.33. The van der Waals surface area contributed by atoms with Gasteiger partial charge in [-0.05, 0) is 60.2 Å². The summed E-state index contributed by atoms with van der Waals surface area (Å²) < 4.78 is 6.75. The van der Waals surface area contributed by atoms with Crippen LogP contribution >= 0.6 is 0 Å². The van der Waals surface area contributed by atoms with Crippen molar-refractivity contribution in [3.8, 4) is 11.3 Å². The van der Waals surface area contributed by atoms with E-state index in [0.29, 0.717) is 54.6 Å². The number of hydrogen-bond donors (Lipinski definition) is 3. The topological polar surface area (TPSA) is 161 Å². The molecule has 12 heteroatoms. The Morgan fingerprint density at radius 3 is 2.55 bits per heavy atom. The second-order valence-electron chi connectivity index (χ2n) is 9.85. The Balaban J connectivity index is 1.21. The lowest BCUT2D eigenvalue weighted by Gasteiger charge is -2.27. The summed E-state index contributed by atoms with van der Waals surface area (Å²) >= 11 is 0. The van der Waals surface area contributed by atoms with Crippen LogP contribution in [0.3, 0.4) is 0 Å². The number of nitrogens with zero attached hydrogens (tertiary/aromatic N) is 6. The number of benzene rings is 2. The second-order valence-corrected chi connectivity index (χ2v) is 9.85. The monoisotopic (exact) mass is 563 g/mol. The summed E-state index contributed by atoms with van der Waals surface area (Å²) in [6.45, 7) is 2.51. The van der Waals surface area contributed by atoms with Crippen LogP contribution in [-0.4, -0.2) is 62.1 Å². The molecule has 5 aromatic rings. The molecular formula is C30H29N9O3. The van der Waals surface area contributed by atoms with Gasteiger partial charge in [0, 0.05) is 54.3 Å². The van der Waals surface area contributed by atoms with Crippen molar-refractivity contribution in [3.05, 3.63) is 112 Å². The maximum Gasteiger partial charge on any atom is 0.267 e. The normalized spacial score (nSPS) is 13.8. The van der Waals surface area contributed by atoms with Gasteiger partial charge in [0.05, 0.1) is 42.4 Å². The number of aromatic amines is 1. The van der Waals surface area contributed by atoms with Crippen LogP contribution in [0, 0.1) is 0 Å². The van der Waals surface area contributed by atoms with Crippen LogP contribution in [0.25, 0.3) is 27.9 Å². The first kappa shape index (κ1) is 26.9. The Bertz CT molecular complexity index is 1810. The third-order valence-corrected chi connectivity index (χ3v) is 7.06. The van der Waals surface area contributed by atoms with Gasteiger partial charge in [-0.3, -0.25) is 24.7 Å². The molecule has 1 fully saturated rings. The minimum Gasteiger partial charge on any atom is -0.396 e. The van der Waals surface area contributed by atoms with Crippen LogP contribution in [0.1, 0.15) is 21.6 Å². The number of carbonyl (C=O) groups excluding carboxylic acids is 1. The number of hydrogen-bond acceptors (Lipinski definition) is 9. The Kier molecular flexibility index (Phi) is 7.45. The number of hydrazine groups is 1. The van der Waals surface area contributed by atoms with Crippen molar-refractivity contribution >= 4 is 28.2 Å². The van der Waals surface area contributed by atoms with Gasteiger partial charge in [0.25, 0.3) is 11.5 Å². The molecule has 0 spiro atoms. The number of nitrogens with two attached hydrogens (primary N) is 2. The quantitative estimate of drug-likeness (QED) is 0.199. The third-order valence-electron chi connectivity index (χ3n) is 7.06. The van der Waals surface area contributed by atoms with Crippen molar-refractivity contribution < 1.29 is 9.53 Å². The van der Waals surface area contributed by atoms with Gasteiger partial charge < -0.3 is 15.4 Å². The average Bonchev–Trinajstić information content (AvgIpc) is 3.46. The fourth-order valence-electron chi connectivity index (χ4n) is 4.80. The molecule has 1 saturated heterocycles. The number of aromatic nitrogens is 5. The average molecular weight is 564 g/mol. The van der Waals surface area contributed by atoms with E-state index in [0.717, 1.165) is 22.0 Å². The zero-order chi connectivity index (χ0) is 29.1. The molecule has 0 bridgehead atoms. The van der Waals surface area contributed by atoms with Gasteiger partial charge in [-0.2, -0.15) is 10.2 Å². The zero-order valence-corrected chi connectivity index (χ0v) is 22.7. The first-order chi connectivity index (χ1) is 20.5. The van der Waals surface area contributed by atoms with Gasteiger partial charge in [0.2, 0.25) is 0 Å². The standard InChI is InChI=1S/C30H29N9O3/c31-25(19-38(32)23-4-2-22(3-5-23)30(41)37-13-15-42-16-14-37)29-24-17-20(1-6-27(24)34-35-29)18-39-28(40)8-7-26(36-39)21-9-11-33-12-10-21/h1-12,17,19H,13-16,18,31-32H2,(H,34,35)/b25-19-. The van der Waals surface area contributed by atoms with Gasteiger partial charge in [-0.25, -0.2) is 10.5 Å². The Morgan fingerprint density at radius 2 is 1.79 bits per heavy atom. The van der Waals surface area contributed by atoms with E-state index in [9.17, 15) is 9.59 Å². The van der Waals surface area contributed by atoms with Crippen LogP contribution in [0.15, 0.2) is 90.1 Å². The van der Waals surface area contributed by atoms with Crippen LogP contribution in [0.5, 0.6) is 0 Å². The fraction of sp³-hybridized carbons (Fsp3) is 0.167. The zero-order valence-electron chi connectivity index (χ0n) is 22.7. The third kappa shape index (κ3) is 5.61. The molecule has 1 aliphatic heterocycles. The molecule has 0 atom stereocenters. The predicted molar refractivity (Wildman–Crippen MR) is 159 cm³/mol. The molecule has 42 heavy (non-hydrogen) atoms. The van der Waals surface area contributed by atoms with E-state index in [1.807, 2.05) is 30.3 Å².